The van der Waals surface area contributed by atoms with Gasteiger partial charge in [0.15, 0.2) is 5.69 Å². The molecule has 0 radical (unpaired) electrons. The van der Waals surface area contributed by atoms with Crippen LogP contribution in [-0.2, 0) is 19.5 Å². The Balaban J connectivity index is 0.00000168. The molecule has 3 aliphatic rings. The van der Waals surface area contributed by atoms with Crippen LogP contribution in [0.5, 0.6) is 0 Å². The summed E-state index contributed by atoms with van der Waals surface area (Å²) in [5.41, 5.74) is 2.71. The predicted octanol–water partition coefficient (Wildman–Crippen LogP) is 3.00. The first-order chi connectivity index (χ1) is 12.2. The number of hydrogen-bond acceptors (Lipinski definition) is 4. The van der Waals surface area contributed by atoms with Crippen LogP contribution in [0, 0.1) is 5.92 Å². The number of carbonyl (C=O) groups is 1. The molecule has 0 spiro atoms. The highest BCUT2D eigenvalue weighted by molar-refractivity contribution is 5.94. The van der Waals surface area contributed by atoms with Crippen LogP contribution in [0.25, 0.3) is 0 Å². The van der Waals surface area contributed by atoms with Crippen LogP contribution in [0.3, 0.4) is 0 Å². The summed E-state index contributed by atoms with van der Waals surface area (Å²) >= 11 is 0. The molecule has 2 atom stereocenters. The number of aromatic amines is 1. The van der Waals surface area contributed by atoms with E-state index in [4.69, 9.17) is 4.42 Å². The van der Waals surface area contributed by atoms with Gasteiger partial charge in [-0.25, -0.2) is 0 Å². The van der Waals surface area contributed by atoms with Crippen LogP contribution in [0.15, 0.2) is 16.5 Å². The molecule has 1 amide bonds. The van der Waals surface area contributed by atoms with Crippen molar-refractivity contribution in [1.82, 2.24) is 20.4 Å². The Kier molecular flexibility index (Phi) is 4.57. The second kappa shape index (κ2) is 6.74. The van der Waals surface area contributed by atoms with E-state index in [9.17, 15) is 4.79 Å². The van der Waals surface area contributed by atoms with Gasteiger partial charge in [-0.05, 0) is 37.3 Å². The number of furan rings is 1. The molecule has 0 saturated heterocycles. The summed E-state index contributed by atoms with van der Waals surface area (Å²) in [6, 6.07) is 4.44. The number of carbonyl (C=O) groups excluding carboxylic acids is 1. The number of amides is 1. The van der Waals surface area contributed by atoms with E-state index in [2.05, 4.69) is 28.5 Å². The van der Waals surface area contributed by atoms with Crippen molar-refractivity contribution in [2.45, 2.75) is 57.7 Å². The molecule has 2 aromatic heterocycles. The molecule has 2 N–H and O–H groups in total. The van der Waals surface area contributed by atoms with Gasteiger partial charge in [0.2, 0.25) is 0 Å². The van der Waals surface area contributed by atoms with E-state index in [1.165, 1.54) is 6.42 Å². The topological polar surface area (TPSA) is 74.2 Å². The van der Waals surface area contributed by atoms with E-state index in [1.54, 1.807) is 0 Å². The van der Waals surface area contributed by atoms with Gasteiger partial charge in [-0.15, -0.1) is 12.4 Å². The number of halogens is 1. The summed E-state index contributed by atoms with van der Waals surface area (Å²) in [5, 5.41) is 10.7. The Morgan fingerprint density at radius 2 is 2.19 bits per heavy atom. The second-order valence-corrected chi connectivity index (χ2v) is 7.74. The molecule has 2 aliphatic carbocycles. The van der Waals surface area contributed by atoms with E-state index in [0.717, 1.165) is 61.0 Å². The minimum Gasteiger partial charge on any atom is -0.464 e. The molecule has 26 heavy (non-hydrogen) atoms. The number of nitrogens with zero attached hydrogens (tertiary/aromatic N) is 2. The predicted molar refractivity (Wildman–Crippen MR) is 99.4 cm³/mol. The van der Waals surface area contributed by atoms with Crippen molar-refractivity contribution in [2.24, 2.45) is 5.92 Å². The summed E-state index contributed by atoms with van der Waals surface area (Å²) < 4.78 is 6.03. The molecule has 7 heteroatoms. The average molecular weight is 377 g/mol. The van der Waals surface area contributed by atoms with Crippen LogP contribution < -0.4 is 5.32 Å². The monoisotopic (exact) mass is 376 g/mol. The molecule has 2 aromatic rings. The zero-order valence-corrected chi connectivity index (χ0v) is 15.8. The summed E-state index contributed by atoms with van der Waals surface area (Å²) in [7, 11) is 0. The fourth-order valence-corrected chi connectivity index (χ4v) is 3.86. The van der Waals surface area contributed by atoms with Crippen LogP contribution >= 0.6 is 12.4 Å². The Morgan fingerprint density at radius 1 is 1.38 bits per heavy atom. The number of aromatic nitrogens is 2. The highest BCUT2D eigenvalue weighted by atomic mass is 35.5. The molecule has 5 rings (SSSR count). The number of fused-ring (bicyclic) bond motifs is 1. The second-order valence-electron chi connectivity index (χ2n) is 7.74. The van der Waals surface area contributed by atoms with E-state index >= 15 is 0 Å². The van der Waals surface area contributed by atoms with Gasteiger partial charge in [0.1, 0.15) is 11.5 Å². The molecule has 140 valence electrons. The maximum absolute atomic E-state index is 13.1. The Bertz CT molecular complexity index is 810. The maximum Gasteiger partial charge on any atom is 0.275 e. The quantitative estimate of drug-likeness (QED) is 0.841. The van der Waals surface area contributed by atoms with Gasteiger partial charge >= 0.3 is 0 Å². The largest absolute Gasteiger partial charge is 0.464 e. The van der Waals surface area contributed by atoms with Gasteiger partial charge in [0.25, 0.3) is 5.91 Å². The van der Waals surface area contributed by atoms with Gasteiger partial charge in [-0.1, -0.05) is 6.92 Å². The third-order valence-corrected chi connectivity index (χ3v) is 5.74. The van der Waals surface area contributed by atoms with Gasteiger partial charge in [-0.3, -0.25) is 9.89 Å². The molecule has 0 aromatic carbocycles. The Labute approximate surface area is 159 Å². The van der Waals surface area contributed by atoms with Crippen LogP contribution in [-0.4, -0.2) is 33.6 Å². The highest BCUT2D eigenvalue weighted by Crippen LogP contribution is 2.47. The molecule has 1 aliphatic heterocycles. The van der Waals surface area contributed by atoms with E-state index in [0.29, 0.717) is 24.2 Å². The molecule has 2 saturated carbocycles. The fraction of sp³-hybridized carbons (Fsp3) is 0.579. The first kappa shape index (κ1) is 17.6. The van der Waals surface area contributed by atoms with Gasteiger partial charge in [-0.2, -0.15) is 5.10 Å². The Morgan fingerprint density at radius 3 is 2.92 bits per heavy atom. The lowest BCUT2D eigenvalue weighted by molar-refractivity contribution is 0.0709. The van der Waals surface area contributed by atoms with Crippen molar-refractivity contribution in [3.63, 3.8) is 0 Å². The Hall–Kier alpha value is -1.79. The van der Waals surface area contributed by atoms with Crippen LogP contribution in [0.2, 0.25) is 0 Å². The summed E-state index contributed by atoms with van der Waals surface area (Å²) in [6.45, 7) is 4.45. The average Bonchev–Trinajstić information content (AvgIpc) is 3.50. The van der Waals surface area contributed by atoms with Crippen molar-refractivity contribution in [2.75, 3.05) is 6.54 Å². The van der Waals surface area contributed by atoms with Crippen LogP contribution in [0.1, 0.15) is 65.4 Å². The first-order valence-electron chi connectivity index (χ1n) is 9.37. The fourth-order valence-electron chi connectivity index (χ4n) is 3.86. The minimum atomic E-state index is 0. The molecular weight excluding hydrogens is 352 g/mol. The smallest absolute Gasteiger partial charge is 0.275 e. The number of H-pyrrole nitrogens is 1. The lowest BCUT2D eigenvalue weighted by Gasteiger charge is -2.21. The zero-order chi connectivity index (χ0) is 17.0. The summed E-state index contributed by atoms with van der Waals surface area (Å²) in [5.74, 6) is 3.29. The summed E-state index contributed by atoms with van der Waals surface area (Å²) in [4.78, 5) is 15.1. The van der Waals surface area contributed by atoms with Crippen molar-refractivity contribution >= 4 is 18.3 Å². The van der Waals surface area contributed by atoms with Crippen molar-refractivity contribution < 1.29 is 9.21 Å². The molecule has 0 bridgehead atoms. The molecule has 2 unspecified atom stereocenters. The number of hydrogen-bond donors (Lipinski definition) is 2. The minimum absolute atomic E-state index is 0. The highest BCUT2D eigenvalue weighted by Gasteiger charge is 2.38. The van der Waals surface area contributed by atoms with E-state index < -0.39 is 0 Å². The molecule has 3 heterocycles. The van der Waals surface area contributed by atoms with Crippen molar-refractivity contribution in [3.05, 3.63) is 40.6 Å². The maximum atomic E-state index is 13.1. The molecule has 6 nitrogen and oxygen atoms in total. The number of rotatable bonds is 5. The standard InChI is InChI=1S/C19H24N4O2.ClH/c1-11-8-14(11)17-5-4-13(25-17)10-23(12-2-3-12)19(24)18-15-9-20-7-6-16(15)21-22-18;/h4-5,11-12,14,20H,2-3,6-10H2,1H3,(H,21,22);1H. The van der Waals surface area contributed by atoms with Gasteiger partial charge in [0, 0.05) is 42.7 Å². The van der Waals surface area contributed by atoms with Gasteiger partial charge in [0.05, 0.1) is 6.54 Å². The lowest BCUT2D eigenvalue weighted by atomic mass is 10.1. The van der Waals surface area contributed by atoms with Crippen molar-refractivity contribution in [1.29, 1.82) is 0 Å². The molecule has 2 fully saturated rings. The van der Waals surface area contributed by atoms with Crippen LogP contribution in [0.4, 0.5) is 0 Å². The van der Waals surface area contributed by atoms with E-state index in [1.807, 2.05) is 11.0 Å². The van der Waals surface area contributed by atoms with E-state index in [-0.39, 0.29) is 18.3 Å². The molecular formula is C19H25ClN4O2. The van der Waals surface area contributed by atoms with Gasteiger partial charge < -0.3 is 14.6 Å². The third-order valence-electron chi connectivity index (χ3n) is 5.74. The number of nitrogens with one attached hydrogen (secondary N) is 2. The summed E-state index contributed by atoms with van der Waals surface area (Å²) in [6.07, 6.45) is 4.26. The zero-order valence-electron chi connectivity index (χ0n) is 15.0. The lowest BCUT2D eigenvalue weighted by Crippen LogP contribution is -2.34. The normalized spacial score (nSPS) is 23.9. The first-order valence-corrected chi connectivity index (χ1v) is 9.37. The third kappa shape index (κ3) is 3.16. The SMILES string of the molecule is CC1CC1c1ccc(CN(C(=O)c2n[nH]c3c2CNCC3)C2CC2)o1.Cl. The van der Waals surface area contributed by atoms with Crippen molar-refractivity contribution in [3.8, 4) is 0 Å².